The zero-order valence-corrected chi connectivity index (χ0v) is 10.4. The monoisotopic (exact) mass is 256 g/mol. The molecule has 1 aliphatic heterocycles. The van der Waals surface area contributed by atoms with Crippen LogP contribution in [0.1, 0.15) is 16.1 Å². The van der Waals surface area contributed by atoms with Gasteiger partial charge in [-0.05, 0) is 29.9 Å². The standard InChI is InChI=1S/C10H12N2O2S2/c1-15-4-2-7-9(13)11-6-3-5-16-8(6)10(14)12-7/h3,5,7H,2,4H2,1H3,(H,11,13)(H,12,14). The van der Waals surface area contributed by atoms with Gasteiger partial charge >= 0.3 is 0 Å². The Kier molecular flexibility index (Phi) is 3.50. The maximum atomic E-state index is 11.8. The van der Waals surface area contributed by atoms with Crippen LogP contribution >= 0.6 is 23.1 Å². The van der Waals surface area contributed by atoms with Crippen LogP contribution in [0.4, 0.5) is 5.69 Å². The second-order valence-electron chi connectivity index (χ2n) is 3.46. The Bertz CT molecular complexity index is 417. The predicted molar refractivity (Wildman–Crippen MR) is 67.2 cm³/mol. The third kappa shape index (κ3) is 2.22. The summed E-state index contributed by atoms with van der Waals surface area (Å²) in [5, 5.41) is 7.32. The molecule has 0 aliphatic carbocycles. The number of thioether (sulfide) groups is 1. The minimum Gasteiger partial charge on any atom is -0.339 e. The fraction of sp³-hybridized carbons (Fsp3) is 0.400. The lowest BCUT2D eigenvalue weighted by Gasteiger charge is -2.13. The fourth-order valence-corrected chi connectivity index (χ4v) is 2.76. The molecular weight excluding hydrogens is 244 g/mol. The number of rotatable bonds is 3. The number of carbonyl (C=O) groups excluding carboxylic acids is 2. The van der Waals surface area contributed by atoms with Crippen molar-refractivity contribution in [1.29, 1.82) is 0 Å². The molecule has 0 saturated heterocycles. The van der Waals surface area contributed by atoms with E-state index in [0.29, 0.717) is 17.0 Å². The minimum absolute atomic E-state index is 0.125. The Morgan fingerprint density at radius 3 is 3.06 bits per heavy atom. The van der Waals surface area contributed by atoms with Gasteiger partial charge in [-0.2, -0.15) is 11.8 Å². The van der Waals surface area contributed by atoms with Gasteiger partial charge < -0.3 is 10.6 Å². The van der Waals surface area contributed by atoms with Crippen molar-refractivity contribution in [1.82, 2.24) is 5.32 Å². The maximum absolute atomic E-state index is 11.8. The number of carbonyl (C=O) groups is 2. The Morgan fingerprint density at radius 2 is 2.31 bits per heavy atom. The van der Waals surface area contributed by atoms with Gasteiger partial charge in [0.25, 0.3) is 5.91 Å². The third-order valence-electron chi connectivity index (χ3n) is 2.36. The first-order chi connectivity index (χ1) is 7.72. The van der Waals surface area contributed by atoms with Crippen molar-refractivity contribution in [2.24, 2.45) is 0 Å². The highest BCUT2D eigenvalue weighted by Crippen LogP contribution is 2.24. The fourth-order valence-electron chi connectivity index (χ4n) is 1.53. The quantitative estimate of drug-likeness (QED) is 0.862. The molecule has 6 heteroatoms. The molecule has 0 spiro atoms. The van der Waals surface area contributed by atoms with Gasteiger partial charge in [-0.15, -0.1) is 11.3 Å². The van der Waals surface area contributed by atoms with Crippen LogP contribution in [0.5, 0.6) is 0 Å². The van der Waals surface area contributed by atoms with E-state index < -0.39 is 6.04 Å². The Morgan fingerprint density at radius 1 is 1.50 bits per heavy atom. The van der Waals surface area contributed by atoms with Gasteiger partial charge in [-0.1, -0.05) is 0 Å². The van der Waals surface area contributed by atoms with E-state index in [2.05, 4.69) is 10.6 Å². The van der Waals surface area contributed by atoms with Crippen molar-refractivity contribution in [3.8, 4) is 0 Å². The minimum atomic E-state index is -0.417. The topological polar surface area (TPSA) is 58.2 Å². The van der Waals surface area contributed by atoms with Gasteiger partial charge in [0.05, 0.1) is 5.69 Å². The summed E-state index contributed by atoms with van der Waals surface area (Å²) in [6, 6.07) is 1.34. The lowest BCUT2D eigenvalue weighted by molar-refractivity contribution is -0.117. The van der Waals surface area contributed by atoms with E-state index in [1.807, 2.05) is 6.26 Å². The average Bonchev–Trinajstić information content (AvgIpc) is 2.67. The summed E-state index contributed by atoms with van der Waals surface area (Å²) in [6.45, 7) is 0. The van der Waals surface area contributed by atoms with Crippen molar-refractivity contribution in [2.75, 3.05) is 17.3 Å². The Balaban J connectivity index is 2.16. The van der Waals surface area contributed by atoms with Crippen molar-refractivity contribution in [3.63, 3.8) is 0 Å². The first kappa shape index (κ1) is 11.5. The van der Waals surface area contributed by atoms with E-state index in [0.717, 1.165) is 5.75 Å². The average molecular weight is 256 g/mol. The molecule has 0 fully saturated rings. The first-order valence-electron chi connectivity index (χ1n) is 4.90. The summed E-state index contributed by atoms with van der Waals surface area (Å²) in [5.41, 5.74) is 0.624. The Hall–Kier alpha value is -1.01. The van der Waals surface area contributed by atoms with Gasteiger partial charge in [-0.25, -0.2) is 0 Å². The zero-order chi connectivity index (χ0) is 11.5. The second-order valence-corrected chi connectivity index (χ2v) is 5.36. The molecule has 16 heavy (non-hydrogen) atoms. The molecule has 0 radical (unpaired) electrons. The summed E-state index contributed by atoms with van der Waals surface area (Å²) in [4.78, 5) is 24.2. The van der Waals surface area contributed by atoms with E-state index in [-0.39, 0.29) is 11.8 Å². The van der Waals surface area contributed by atoms with Crippen LogP contribution in [0, 0.1) is 0 Å². The molecule has 1 aromatic heterocycles. The van der Waals surface area contributed by atoms with Crippen LogP contribution in [-0.4, -0.2) is 29.9 Å². The molecule has 1 aliphatic rings. The molecule has 0 aromatic carbocycles. The number of hydrogen-bond acceptors (Lipinski definition) is 4. The number of nitrogens with one attached hydrogen (secondary N) is 2. The highest BCUT2D eigenvalue weighted by molar-refractivity contribution is 7.98. The van der Waals surface area contributed by atoms with Gasteiger partial charge in [0, 0.05) is 0 Å². The molecule has 2 amide bonds. The lowest BCUT2D eigenvalue weighted by Crippen LogP contribution is -2.41. The molecule has 1 atom stereocenters. The number of thiophene rings is 1. The van der Waals surface area contributed by atoms with E-state index in [1.54, 1.807) is 23.2 Å². The molecule has 1 aromatic rings. The molecular formula is C10H12N2O2S2. The van der Waals surface area contributed by atoms with Crippen molar-refractivity contribution < 1.29 is 9.59 Å². The predicted octanol–water partition coefficient (Wildman–Crippen LogP) is 1.55. The SMILES string of the molecule is CSCCC1NC(=O)c2sccc2NC1=O. The van der Waals surface area contributed by atoms with E-state index in [4.69, 9.17) is 0 Å². The molecule has 0 saturated carbocycles. The zero-order valence-electron chi connectivity index (χ0n) is 8.78. The molecule has 2 rings (SSSR count). The highest BCUT2D eigenvalue weighted by atomic mass is 32.2. The third-order valence-corrected chi connectivity index (χ3v) is 3.92. The molecule has 86 valence electrons. The lowest BCUT2D eigenvalue weighted by atomic mass is 10.2. The van der Waals surface area contributed by atoms with Crippen LogP contribution in [0.15, 0.2) is 11.4 Å². The number of fused-ring (bicyclic) bond motifs is 1. The highest BCUT2D eigenvalue weighted by Gasteiger charge is 2.27. The largest absolute Gasteiger partial charge is 0.339 e. The van der Waals surface area contributed by atoms with Crippen molar-refractivity contribution in [3.05, 3.63) is 16.3 Å². The van der Waals surface area contributed by atoms with E-state index >= 15 is 0 Å². The van der Waals surface area contributed by atoms with Gasteiger partial charge in [0.1, 0.15) is 10.9 Å². The second kappa shape index (κ2) is 4.88. The molecule has 2 N–H and O–H groups in total. The summed E-state index contributed by atoms with van der Waals surface area (Å²) in [7, 11) is 0. The number of hydrogen-bond donors (Lipinski definition) is 2. The van der Waals surface area contributed by atoms with Crippen LogP contribution in [-0.2, 0) is 4.79 Å². The van der Waals surface area contributed by atoms with Gasteiger partial charge in [0.15, 0.2) is 0 Å². The van der Waals surface area contributed by atoms with Crippen LogP contribution in [0.3, 0.4) is 0 Å². The molecule has 4 nitrogen and oxygen atoms in total. The molecule has 2 heterocycles. The summed E-state index contributed by atoms with van der Waals surface area (Å²) >= 11 is 3.01. The van der Waals surface area contributed by atoms with Crippen LogP contribution in [0.2, 0.25) is 0 Å². The number of anilines is 1. The molecule has 1 unspecified atom stereocenters. The van der Waals surface area contributed by atoms with Gasteiger partial charge in [-0.3, -0.25) is 9.59 Å². The van der Waals surface area contributed by atoms with E-state index in [1.165, 1.54) is 11.3 Å². The maximum Gasteiger partial charge on any atom is 0.264 e. The summed E-state index contributed by atoms with van der Waals surface area (Å²) in [6.07, 6.45) is 2.64. The van der Waals surface area contributed by atoms with Crippen molar-refractivity contribution in [2.45, 2.75) is 12.5 Å². The van der Waals surface area contributed by atoms with Crippen molar-refractivity contribution >= 4 is 40.6 Å². The number of amides is 2. The summed E-state index contributed by atoms with van der Waals surface area (Å²) in [5.74, 6) is 0.570. The normalized spacial score (nSPS) is 19.7. The van der Waals surface area contributed by atoms with Gasteiger partial charge in [0.2, 0.25) is 5.91 Å². The van der Waals surface area contributed by atoms with Crippen LogP contribution in [0.25, 0.3) is 0 Å². The Labute approximate surface area is 102 Å². The smallest absolute Gasteiger partial charge is 0.264 e. The molecule has 0 bridgehead atoms. The van der Waals surface area contributed by atoms with Crippen LogP contribution < -0.4 is 10.6 Å². The summed E-state index contributed by atoms with van der Waals surface area (Å²) < 4.78 is 0. The van der Waals surface area contributed by atoms with E-state index in [9.17, 15) is 9.59 Å². The first-order valence-corrected chi connectivity index (χ1v) is 7.18.